The molecular weight excluding hydrogens is 438 g/mol. The topological polar surface area (TPSA) is 79.4 Å². The van der Waals surface area contributed by atoms with Gasteiger partial charge in [-0.3, -0.25) is 4.79 Å². The summed E-state index contributed by atoms with van der Waals surface area (Å²) in [6.45, 7) is 6.02. The van der Waals surface area contributed by atoms with Gasteiger partial charge in [0.15, 0.2) is 17.3 Å². The molecule has 0 saturated heterocycles. The summed E-state index contributed by atoms with van der Waals surface area (Å²) in [4.78, 5) is 13.0. The molecule has 0 amide bonds. The first-order valence-electron chi connectivity index (χ1n) is 10.4. The van der Waals surface area contributed by atoms with Gasteiger partial charge in [0, 0.05) is 28.2 Å². The largest absolute Gasteiger partial charge is 0.493 e. The molecule has 4 rings (SSSR count). The van der Waals surface area contributed by atoms with E-state index in [0.29, 0.717) is 33.7 Å². The second kappa shape index (κ2) is 9.54. The first-order valence-corrected chi connectivity index (χ1v) is 11.4. The fourth-order valence-corrected chi connectivity index (χ4v) is 4.34. The lowest BCUT2D eigenvalue weighted by Crippen LogP contribution is -2.05. The van der Waals surface area contributed by atoms with E-state index in [1.54, 1.807) is 26.4 Å². The number of benzene rings is 2. The van der Waals surface area contributed by atoms with E-state index in [-0.39, 0.29) is 11.5 Å². The third kappa shape index (κ3) is 4.66. The van der Waals surface area contributed by atoms with Gasteiger partial charge in [0.25, 0.3) is 5.22 Å². The molecule has 2 aromatic heterocycles. The Labute approximate surface area is 196 Å². The number of hydrogen-bond acceptors (Lipinski definition) is 7. The van der Waals surface area contributed by atoms with Gasteiger partial charge in [0.05, 0.1) is 20.0 Å². The lowest BCUT2D eigenvalue weighted by atomic mass is 10.2. The Balaban J connectivity index is 1.48. The van der Waals surface area contributed by atoms with Crippen LogP contribution in [0.1, 0.15) is 27.3 Å². The van der Waals surface area contributed by atoms with Gasteiger partial charge in [-0.15, -0.1) is 10.2 Å². The fourth-order valence-electron chi connectivity index (χ4n) is 3.70. The number of rotatable bonds is 8. The maximum Gasteiger partial charge on any atom is 0.277 e. The molecule has 0 N–H and O–H groups in total. The molecule has 7 nitrogen and oxygen atoms in total. The van der Waals surface area contributed by atoms with Gasteiger partial charge in [0.1, 0.15) is 0 Å². The van der Waals surface area contributed by atoms with Gasteiger partial charge in [-0.2, -0.15) is 0 Å². The molecule has 0 radical (unpaired) electrons. The molecule has 0 spiro atoms. The predicted octanol–water partition coefficient (Wildman–Crippen LogP) is 5.44. The minimum atomic E-state index is 0.0114. The van der Waals surface area contributed by atoms with Gasteiger partial charge in [-0.05, 0) is 57.2 Å². The van der Waals surface area contributed by atoms with Crippen molar-refractivity contribution in [3.8, 4) is 28.6 Å². The Kier molecular flexibility index (Phi) is 6.55. The van der Waals surface area contributed by atoms with E-state index in [1.165, 1.54) is 17.3 Å². The van der Waals surface area contributed by atoms with Crippen molar-refractivity contribution >= 4 is 17.5 Å². The average Bonchev–Trinajstić information content (AvgIpc) is 3.42. The summed E-state index contributed by atoms with van der Waals surface area (Å²) in [7, 11) is 3.15. The molecule has 0 aliphatic rings. The standard InChI is InChI=1S/C25H25N3O4S/c1-15-6-9-19(10-7-15)28-16(2)12-20(17(28)3)21(29)14-33-25-27-26-24(32-25)18-8-11-22(30-4)23(13-18)31-5/h6-13H,14H2,1-5H3. The second-order valence-electron chi connectivity index (χ2n) is 7.61. The van der Waals surface area contributed by atoms with Crippen LogP contribution in [0.4, 0.5) is 0 Å². The average molecular weight is 464 g/mol. The van der Waals surface area contributed by atoms with E-state index in [0.717, 1.165) is 17.1 Å². The van der Waals surface area contributed by atoms with Crippen molar-refractivity contribution in [2.24, 2.45) is 0 Å². The van der Waals surface area contributed by atoms with Crippen LogP contribution in [0.25, 0.3) is 17.1 Å². The molecule has 170 valence electrons. The Morgan fingerprint density at radius 3 is 2.39 bits per heavy atom. The van der Waals surface area contributed by atoms with Crippen LogP contribution in [0, 0.1) is 20.8 Å². The zero-order valence-electron chi connectivity index (χ0n) is 19.2. The quantitative estimate of drug-likeness (QED) is 0.254. The first-order chi connectivity index (χ1) is 15.9. The number of nitrogens with zero attached hydrogens (tertiary/aromatic N) is 3. The third-order valence-electron chi connectivity index (χ3n) is 5.39. The lowest BCUT2D eigenvalue weighted by Gasteiger charge is -2.10. The van der Waals surface area contributed by atoms with Crippen molar-refractivity contribution < 1.29 is 18.7 Å². The molecule has 8 heteroatoms. The molecule has 2 aromatic carbocycles. The first kappa shape index (κ1) is 22.7. The molecule has 0 fully saturated rings. The summed E-state index contributed by atoms with van der Waals surface area (Å²) >= 11 is 1.22. The maximum absolute atomic E-state index is 13.0. The molecule has 2 heterocycles. The van der Waals surface area contributed by atoms with Crippen LogP contribution in [-0.2, 0) is 0 Å². The molecule has 0 saturated carbocycles. The maximum atomic E-state index is 13.0. The van der Waals surface area contributed by atoms with E-state index in [2.05, 4.69) is 46.0 Å². The highest BCUT2D eigenvalue weighted by atomic mass is 32.2. The van der Waals surface area contributed by atoms with Crippen LogP contribution in [0.3, 0.4) is 0 Å². The van der Waals surface area contributed by atoms with Crippen molar-refractivity contribution in [3.63, 3.8) is 0 Å². The number of hydrogen-bond donors (Lipinski definition) is 0. The summed E-state index contributed by atoms with van der Waals surface area (Å²) < 4.78 is 18.4. The highest BCUT2D eigenvalue weighted by Crippen LogP contribution is 2.33. The van der Waals surface area contributed by atoms with Crippen LogP contribution in [0.5, 0.6) is 11.5 Å². The van der Waals surface area contributed by atoms with Gasteiger partial charge >= 0.3 is 0 Å². The number of carbonyl (C=O) groups excluding carboxylic acids is 1. The molecular formula is C25H25N3O4S. The number of thioether (sulfide) groups is 1. The molecule has 33 heavy (non-hydrogen) atoms. The molecule has 4 aromatic rings. The van der Waals surface area contributed by atoms with Crippen LogP contribution in [0.2, 0.25) is 0 Å². The fraction of sp³-hybridized carbons (Fsp3) is 0.240. The molecule has 0 aliphatic carbocycles. The number of ether oxygens (including phenoxy) is 2. The second-order valence-corrected chi connectivity index (χ2v) is 8.54. The monoisotopic (exact) mass is 463 g/mol. The van der Waals surface area contributed by atoms with E-state index in [9.17, 15) is 4.79 Å². The molecule has 0 atom stereocenters. The number of carbonyl (C=O) groups is 1. The smallest absolute Gasteiger partial charge is 0.277 e. The highest BCUT2D eigenvalue weighted by Gasteiger charge is 2.19. The van der Waals surface area contributed by atoms with Crippen molar-refractivity contribution in [1.82, 2.24) is 14.8 Å². The van der Waals surface area contributed by atoms with Crippen LogP contribution in [-0.4, -0.2) is 40.5 Å². The summed E-state index contributed by atoms with van der Waals surface area (Å²) in [6, 6.07) is 15.5. The van der Waals surface area contributed by atoms with Crippen molar-refractivity contribution in [1.29, 1.82) is 0 Å². The van der Waals surface area contributed by atoms with E-state index in [4.69, 9.17) is 13.9 Å². The summed E-state index contributed by atoms with van der Waals surface area (Å²) in [5, 5.41) is 8.51. The highest BCUT2D eigenvalue weighted by molar-refractivity contribution is 7.99. The lowest BCUT2D eigenvalue weighted by molar-refractivity contribution is 0.102. The Morgan fingerprint density at radius 1 is 0.970 bits per heavy atom. The van der Waals surface area contributed by atoms with Gasteiger partial charge in [0.2, 0.25) is 5.89 Å². The van der Waals surface area contributed by atoms with Crippen LogP contribution in [0.15, 0.2) is 58.2 Å². The summed E-state index contributed by atoms with van der Waals surface area (Å²) in [6.07, 6.45) is 0. The number of methoxy groups -OCH3 is 2. The predicted molar refractivity (Wildman–Crippen MR) is 128 cm³/mol. The Morgan fingerprint density at radius 2 is 1.70 bits per heavy atom. The minimum Gasteiger partial charge on any atom is -0.493 e. The van der Waals surface area contributed by atoms with Crippen LogP contribution >= 0.6 is 11.8 Å². The van der Waals surface area contributed by atoms with Gasteiger partial charge in [-0.25, -0.2) is 0 Å². The van der Waals surface area contributed by atoms with Crippen molar-refractivity contribution in [2.75, 3.05) is 20.0 Å². The molecule has 0 aliphatic heterocycles. The zero-order valence-corrected chi connectivity index (χ0v) is 20.0. The molecule has 0 unspecified atom stereocenters. The Hall–Kier alpha value is -3.52. The number of aryl methyl sites for hydroxylation is 2. The van der Waals surface area contributed by atoms with Crippen LogP contribution < -0.4 is 9.47 Å². The number of Topliss-reactive ketones (excluding diaryl/α,β-unsaturated/α-hetero) is 1. The SMILES string of the molecule is COc1ccc(-c2nnc(SCC(=O)c3cc(C)n(-c4ccc(C)cc4)c3C)o2)cc1OC. The van der Waals surface area contributed by atoms with Crippen molar-refractivity contribution in [3.05, 3.63) is 71.0 Å². The number of aromatic nitrogens is 3. The summed E-state index contributed by atoms with van der Waals surface area (Å²) in [5.41, 5.74) is 5.57. The minimum absolute atomic E-state index is 0.0114. The van der Waals surface area contributed by atoms with E-state index >= 15 is 0 Å². The van der Waals surface area contributed by atoms with E-state index in [1.807, 2.05) is 26.0 Å². The van der Waals surface area contributed by atoms with E-state index < -0.39 is 0 Å². The normalized spacial score (nSPS) is 10.9. The number of ketones is 1. The van der Waals surface area contributed by atoms with Gasteiger partial charge < -0.3 is 18.5 Å². The van der Waals surface area contributed by atoms with Crippen molar-refractivity contribution in [2.45, 2.75) is 26.0 Å². The Bertz CT molecular complexity index is 1290. The summed E-state index contributed by atoms with van der Waals surface area (Å²) in [5.74, 6) is 1.75. The van der Waals surface area contributed by atoms with Gasteiger partial charge in [-0.1, -0.05) is 29.5 Å². The third-order valence-corrected chi connectivity index (χ3v) is 6.21. The molecule has 0 bridgehead atoms. The zero-order chi connectivity index (χ0) is 23.5.